The Morgan fingerprint density at radius 2 is 2.11 bits per heavy atom. The van der Waals surface area contributed by atoms with Crippen LogP contribution in [-0.4, -0.2) is 43.6 Å². The Morgan fingerprint density at radius 3 is 2.74 bits per heavy atom. The molecule has 104 valence electrons. The molecule has 0 bridgehead atoms. The topological polar surface area (TPSA) is 85.0 Å². The largest absolute Gasteiger partial charge is 0.368 e. The van der Waals surface area contributed by atoms with Crippen LogP contribution >= 0.6 is 11.8 Å². The average Bonchev–Trinajstić information content (AvgIpc) is 2.36. The van der Waals surface area contributed by atoms with Crippen LogP contribution in [0.3, 0.4) is 0 Å². The van der Waals surface area contributed by atoms with Gasteiger partial charge < -0.3 is 10.6 Å². The summed E-state index contributed by atoms with van der Waals surface area (Å²) in [6, 6.07) is 0.639. The minimum atomic E-state index is 0.142. The molecular weight excluding hydrogens is 262 g/mol. The number of likely N-dealkylation sites (tertiary alicyclic amines) is 1. The number of nitrogen functional groups attached to an aromatic ring is 1. The summed E-state index contributed by atoms with van der Waals surface area (Å²) >= 11 is 1.31. The fourth-order valence-corrected chi connectivity index (χ4v) is 3.16. The molecule has 19 heavy (non-hydrogen) atoms. The summed E-state index contributed by atoms with van der Waals surface area (Å²) in [5, 5.41) is 0.498. The van der Waals surface area contributed by atoms with E-state index in [0.29, 0.717) is 23.0 Å². The van der Waals surface area contributed by atoms with Gasteiger partial charge in [0.2, 0.25) is 11.9 Å². The van der Waals surface area contributed by atoms with E-state index < -0.39 is 0 Å². The fourth-order valence-electron chi connectivity index (χ4n) is 2.48. The van der Waals surface area contributed by atoms with Crippen molar-refractivity contribution in [3.05, 3.63) is 6.33 Å². The van der Waals surface area contributed by atoms with Crippen molar-refractivity contribution in [1.82, 2.24) is 19.9 Å². The van der Waals surface area contributed by atoms with E-state index in [1.165, 1.54) is 24.5 Å². The lowest BCUT2D eigenvalue weighted by Gasteiger charge is -2.39. The molecule has 1 aromatic rings. The van der Waals surface area contributed by atoms with Crippen LogP contribution in [-0.2, 0) is 4.79 Å². The summed E-state index contributed by atoms with van der Waals surface area (Å²) in [6.45, 7) is 4.22. The predicted octanol–water partition coefficient (Wildman–Crippen LogP) is 1.34. The molecule has 0 aliphatic carbocycles. The van der Waals surface area contributed by atoms with Crippen molar-refractivity contribution >= 4 is 23.6 Å². The Kier molecular flexibility index (Phi) is 4.57. The van der Waals surface area contributed by atoms with Crippen molar-refractivity contribution in [2.24, 2.45) is 0 Å². The second-order valence-electron chi connectivity index (χ2n) is 4.84. The third-order valence-electron chi connectivity index (χ3n) is 3.37. The number of nitrogens with zero attached hydrogens (tertiary/aromatic N) is 4. The zero-order chi connectivity index (χ0) is 13.8. The van der Waals surface area contributed by atoms with Crippen LogP contribution < -0.4 is 5.73 Å². The summed E-state index contributed by atoms with van der Waals surface area (Å²) in [7, 11) is 0. The summed E-state index contributed by atoms with van der Waals surface area (Å²) in [5.74, 6) is 0.673. The first-order valence-corrected chi connectivity index (χ1v) is 7.45. The van der Waals surface area contributed by atoms with Crippen molar-refractivity contribution in [3.8, 4) is 0 Å². The lowest BCUT2D eigenvalue weighted by molar-refractivity contribution is -0.134. The third kappa shape index (κ3) is 3.56. The van der Waals surface area contributed by atoms with Crippen LogP contribution in [0.4, 0.5) is 5.95 Å². The van der Waals surface area contributed by atoms with Gasteiger partial charge in [0.05, 0.1) is 5.75 Å². The van der Waals surface area contributed by atoms with E-state index in [9.17, 15) is 4.79 Å². The van der Waals surface area contributed by atoms with E-state index in [0.717, 1.165) is 12.8 Å². The zero-order valence-electron chi connectivity index (χ0n) is 11.2. The normalized spacial score (nSPS) is 23.4. The Morgan fingerprint density at radius 1 is 1.42 bits per heavy atom. The molecule has 0 radical (unpaired) electrons. The van der Waals surface area contributed by atoms with Gasteiger partial charge in [0.15, 0.2) is 5.16 Å². The fraction of sp³-hybridized carbons (Fsp3) is 0.667. The maximum atomic E-state index is 12.3. The zero-order valence-corrected chi connectivity index (χ0v) is 12.1. The van der Waals surface area contributed by atoms with Crippen molar-refractivity contribution < 1.29 is 4.79 Å². The van der Waals surface area contributed by atoms with Crippen LogP contribution in [0.25, 0.3) is 0 Å². The minimum absolute atomic E-state index is 0.142. The van der Waals surface area contributed by atoms with E-state index in [1.54, 1.807) is 0 Å². The molecule has 1 amide bonds. The SMILES string of the molecule is C[C@@H]1CCC[C@@H](C)N1C(=O)CSc1ncnc(N)n1. The molecule has 1 aliphatic rings. The van der Waals surface area contributed by atoms with Gasteiger partial charge in [-0.05, 0) is 33.1 Å². The third-order valence-corrected chi connectivity index (χ3v) is 4.22. The second-order valence-corrected chi connectivity index (χ2v) is 5.79. The van der Waals surface area contributed by atoms with Gasteiger partial charge >= 0.3 is 0 Å². The van der Waals surface area contributed by atoms with Gasteiger partial charge in [-0.2, -0.15) is 4.98 Å². The highest BCUT2D eigenvalue weighted by Crippen LogP contribution is 2.24. The van der Waals surface area contributed by atoms with Crippen molar-refractivity contribution in [1.29, 1.82) is 0 Å². The number of carbonyl (C=O) groups is 1. The Bertz CT molecular complexity index is 446. The van der Waals surface area contributed by atoms with Gasteiger partial charge in [0.25, 0.3) is 0 Å². The number of thioether (sulfide) groups is 1. The number of amides is 1. The first-order valence-electron chi connectivity index (χ1n) is 6.46. The van der Waals surface area contributed by atoms with Crippen molar-refractivity contribution in [2.75, 3.05) is 11.5 Å². The summed E-state index contributed by atoms with van der Waals surface area (Å²) < 4.78 is 0. The van der Waals surface area contributed by atoms with Gasteiger partial charge in [0.1, 0.15) is 6.33 Å². The number of hydrogen-bond acceptors (Lipinski definition) is 6. The lowest BCUT2D eigenvalue weighted by atomic mass is 9.98. The predicted molar refractivity (Wildman–Crippen MR) is 74.6 cm³/mol. The van der Waals surface area contributed by atoms with E-state index in [1.807, 2.05) is 4.90 Å². The first kappa shape index (κ1) is 14.0. The molecule has 2 atom stereocenters. The van der Waals surface area contributed by atoms with Gasteiger partial charge in [-0.3, -0.25) is 4.79 Å². The number of rotatable bonds is 3. The Hall–Kier alpha value is -1.37. The Balaban J connectivity index is 1.93. The van der Waals surface area contributed by atoms with E-state index >= 15 is 0 Å². The molecular formula is C12H19N5OS. The van der Waals surface area contributed by atoms with E-state index in [-0.39, 0.29) is 11.9 Å². The molecule has 0 aromatic carbocycles. The molecule has 1 aromatic heterocycles. The molecule has 1 aliphatic heterocycles. The molecule has 0 saturated carbocycles. The Labute approximate surface area is 117 Å². The van der Waals surface area contributed by atoms with Gasteiger partial charge in [0, 0.05) is 12.1 Å². The summed E-state index contributed by atoms with van der Waals surface area (Å²) in [4.78, 5) is 26.0. The molecule has 7 heteroatoms. The maximum absolute atomic E-state index is 12.3. The van der Waals surface area contributed by atoms with Crippen molar-refractivity contribution in [2.45, 2.75) is 50.4 Å². The minimum Gasteiger partial charge on any atom is -0.368 e. The lowest BCUT2D eigenvalue weighted by Crippen LogP contribution is -2.48. The number of hydrogen-bond donors (Lipinski definition) is 1. The number of piperidine rings is 1. The number of aromatic nitrogens is 3. The first-order chi connectivity index (χ1) is 9.08. The molecule has 2 rings (SSSR count). The molecule has 0 unspecified atom stereocenters. The average molecular weight is 281 g/mol. The quantitative estimate of drug-likeness (QED) is 0.841. The van der Waals surface area contributed by atoms with Gasteiger partial charge in [-0.25, -0.2) is 9.97 Å². The number of nitrogens with two attached hydrogens (primary N) is 1. The van der Waals surface area contributed by atoms with Crippen LogP contribution in [0.5, 0.6) is 0 Å². The second kappa shape index (κ2) is 6.18. The van der Waals surface area contributed by atoms with E-state index in [4.69, 9.17) is 5.73 Å². The van der Waals surface area contributed by atoms with Crippen LogP contribution in [0.15, 0.2) is 11.5 Å². The molecule has 2 heterocycles. The van der Waals surface area contributed by atoms with Gasteiger partial charge in [-0.15, -0.1) is 0 Å². The molecule has 6 nitrogen and oxygen atoms in total. The van der Waals surface area contributed by atoms with Crippen LogP contribution in [0.1, 0.15) is 33.1 Å². The smallest absolute Gasteiger partial charge is 0.233 e. The van der Waals surface area contributed by atoms with Crippen LogP contribution in [0, 0.1) is 0 Å². The highest BCUT2D eigenvalue weighted by atomic mass is 32.2. The number of carbonyl (C=O) groups excluding carboxylic acids is 1. The standard InChI is InChI=1S/C12H19N5OS/c1-8-4-3-5-9(2)17(8)10(18)6-19-12-15-7-14-11(13)16-12/h7-9H,3-6H2,1-2H3,(H2,13,14,15,16)/t8-,9-/m1/s1. The molecule has 1 saturated heterocycles. The van der Waals surface area contributed by atoms with Gasteiger partial charge in [-0.1, -0.05) is 11.8 Å². The summed E-state index contributed by atoms with van der Waals surface area (Å²) in [6.07, 6.45) is 4.73. The molecule has 2 N–H and O–H groups in total. The molecule has 1 fully saturated rings. The van der Waals surface area contributed by atoms with Crippen molar-refractivity contribution in [3.63, 3.8) is 0 Å². The monoisotopic (exact) mass is 281 g/mol. The number of anilines is 1. The summed E-state index contributed by atoms with van der Waals surface area (Å²) in [5.41, 5.74) is 5.48. The maximum Gasteiger partial charge on any atom is 0.233 e. The highest BCUT2D eigenvalue weighted by Gasteiger charge is 2.28. The van der Waals surface area contributed by atoms with E-state index in [2.05, 4.69) is 28.8 Å². The molecule has 0 spiro atoms. The highest BCUT2D eigenvalue weighted by molar-refractivity contribution is 7.99. The van der Waals surface area contributed by atoms with Crippen LogP contribution in [0.2, 0.25) is 0 Å².